The zero-order valence-corrected chi connectivity index (χ0v) is 32.6. The van der Waals surface area contributed by atoms with Gasteiger partial charge in [0.2, 0.25) is 0 Å². The first-order chi connectivity index (χ1) is 18.0. The van der Waals surface area contributed by atoms with Crippen molar-refractivity contribution in [2.75, 3.05) is 13.2 Å². The molecule has 0 aromatic rings. The van der Waals surface area contributed by atoms with Crippen LogP contribution in [-0.2, 0) is 30.8 Å². The van der Waals surface area contributed by atoms with Crippen molar-refractivity contribution in [3.8, 4) is 0 Å². The fourth-order valence-electron chi connectivity index (χ4n) is 6.61. The van der Waals surface area contributed by atoms with Crippen LogP contribution in [0, 0.1) is 35.5 Å². The molecule has 0 fully saturated rings. The normalized spacial score (nSPS) is 13.8. The molecule has 4 nitrogen and oxygen atoms in total. The minimum atomic E-state index is -4.13. The van der Waals surface area contributed by atoms with Gasteiger partial charge >= 0.3 is 255 Å². The van der Waals surface area contributed by atoms with Crippen LogP contribution in [0.2, 0.25) is 36.3 Å². The third-order valence-corrected chi connectivity index (χ3v) is 25.8. The minimum absolute atomic E-state index is 0.588. The molecule has 0 aliphatic carbocycles. The molecule has 0 atom stereocenters. The summed E-state index contributed by atoms with van der Waals surface area (Å²) in [5, 5.41) is 0. The van der Waals surface area contributed by atoms with E-state index in [-0.39, 0.29) is 0 Å². The van der Waals surface area contributed by atoms with E-state index in [1.807, 2.05) is 0 Å². The van der Waals surface area contributed by atoms with Crippen LogP contribution in [0.4, 0.5) is 0 Å². The molecule has 0 saturated carbocycles. The maximum atomic E-state index is 7.75. The second-order valence-corrected chi connectivity index (χ2v) is 27.0. The second-order valence-electron chi connectivity index (χ2n) is 15.1. The van der Waals surface area contributed by atoms with E-state index in [9.17, 15) is 0 Å². The van der Waals surface area contributed by atoms with Crippen molar-refractivity contribution in [1.82, 2.24) is 0 Å². The van der Waals surface area contributed by atoms with Gasteiger partial charge in [-0.3, -0.25) is 0 Å². The van der Waals surface area contributed by atoms with Crippen LogP contribution < -0.4 is 0 Å². The van der Waals surface area contributed by atoms with E-state index in [0.717, 1.165) is 61.9 Å². The fraction of sp³-hybridized carbons (Fsp3) is 1.00. The van der Waals surface area contributed by atoms with Gasteiger partial charge in [0, 0.05) is 0 Å². The van der Waals surface area contributed by atoms with Gasteiger partial charge in [0.25, 0.3) is 0 Å². The van der Waals surface area contributed by atoms with Crippen LogP contribution in [0.5, 0.6) is 0 Å². The summed E-state index contributed by atoms with van der Waals surface area (Å²) < 4.78 is 29.5. The van der Waals surface area contributed by atoms with E-state index in [1.165, 1.54) is 0 Å². The van der Waals surface area contributed by atoms with E-state index in [0.29, 0.717) is 48.7 Å². The molecule has 39 heavy (non-hydrogen) atoms. The predicted octanol–water partition coefficient (Wildman–Crippen LogP) is 11.3. The zero-order valence-electron chi connectivity index (χ0n) is 29.1. The summed E-state index contributed by atoms with van der Waals surface area (Å²) in [6.45, 7) is 34.3. The quantitative estimate of drug-likeness (QED) is 0.0791. The Kier molecular flexibility index (Phi) is 20.5. The Morgan fingerprint density at radius 2 is 0.667 bits per heavy atom. The SMILES string of the molecule is CCCC[O][Ti]([O]CCCC)([O][Si](CC(C)C)(CC(C)C)CC(C)C)[O][Si](CC(C)C)(CC(C)C)CC(C)C. The first-order valence-electron chi connectivity index (χ1n) is 16.7. The molecule has 236 valence electrons. The van der Waals surface area contributed by atoms with Gasteiger partial charge in [-0.05, 0) is 0 Å². The summed E-state index contributed by atoms with van der Waals surface area (Å²) in [5.74, 6) is 3.53. The van der Waals surface area contributed by atoms with Gasteiger partial charge in [0.15, 0.2) is 0 Å². The molecule has 0 radical (unpaired) electrons. The fourth-order valence-corrected chi connectivity index (χ4v) is 28.9. The van der Waals surface area contributed by atoms with Crippen LogP contribution in [0.25, 0.3) is 0 Å². The Labute approximate surface area is 254 Å². The first kappa shape index (κ1) is 40.0. The van der Waals surface area contributed by atoms with E-state index in [2.05, 4.69) is 96.9 Å². The van der Waals surface area contributed by atoms with Gasteiger partial charge < -0.3 is 0 Å². The summed E-state index contributed by atoms with van der Waals surface area (Å²) >= 11 is -4.13. The number of unbranched alkanes of at least 4 members (excludes halogenated alkanes) is 2. The molecular weight excluding hydrogens is 552 g/mol. The van der Waals surface area contributed by atoms with Crippen LogP contribution in [0.3, 0.4) is 0 Å². The molecule has 0 spiro atoms. The zero-order chi connectivity index (χ0) is 30.3. The van der Waals surface area contributed by atoms with Crippen LogP contribution in [0.1, 0.15) is 123 Å². The van der Waals surface area contributed by atoms with Crippen molar-refractivity contribution >= 4 is 16.6 Å². The van der Waals surface area contributed by atoms with Gasteiger partial charge in [-0.15, -0.1) is 0 Å². The summed E-state index contributed by atoms with van der Waals surface area (Å²) in [5.41, 5.74) is 0. The average Bonchev–Trinajstić information content (AvgIpc) is 2.70. The predicted molar refractivity (Wildman–Crippen MR) is 173 cm³/mol. The van der Waals surface area contributed by atoms with Crippen LogP contribution in [-0.4, -0.2) is 29.8 Å². The number of hydrogen-bond acceptors (Lipinski definition) is 4. The van der Waals surface area contributed by atoms with Gasteiger partial charge in [0.1, 0.15) is 0 Å². The molecule has 0 bridgehead atoms. The Bertz CT molecular complexity index is 506. The molecule has 0 aromatic carbocycles. The van der Waals surface area contributed by atoms with Gasteiger partial charge in [-0.25, -0.2) is 0 Å². The standard InChI is InChI=1S/2C12H27OSi.2C4H9O.Ti/c2*1-10(2)7-14(13,8-11(3)4)9-12(5)6;2*1-2-3-4-5;/h2*10-12H,7-9H2,1-6H3;2*2-4H2,1H3;/q4*-1;+4. The molecule has 0 unspecified atom stereocenters. The molecule has 0 heterocycles. The molecule has 0 N–H and O–H groups in total. The topological polar surface area (TPSA) is 36.9 Å². The summed E-state index contributed by atoms with van der Waals surface area (Å²) in [6, 6.07) is 6.92. The van der Waals surface area contributed by atoms with Crippen molar-refractivity contribution in [2.24, 2.45) is 35.5 Å². The number of hydrogen-bond donors (Lipinski definition) is 0. The van der Waals surface area contributed by atoms with E-state index in [1.54, 1.807) is 0 Å². The Morgan fingerprint density at radius 3 is 0.846 bits per heavy atom. The van der Waals surface area contributed by atoms with Crippen molar-refractivity contribution in [2.45, 2.75) is 159 Å². The maximum absolute atomic E-state index is 7.75. The monoisotopic (exact) mass is 624 g/mol. The summed E-state index contributed by atoms with van der Waals surface area (Å²) in [4.78, 5) is 0. The van der Waals surface area contributed by atoms with Gasteiger partial charge in [-0.2, -0.15) is 0 Å². The van der Waals surface area contributed by atoms with Crippen LogP contribution in [0.15, 0.2) is 0 Å². The van der Waals surface area contributed by atoms with E-state index in [4.69, 9.17) is 12.7 Å². The molecule has 0 aliphatic heterocycles. The van der Waals surface area contributed by atoms with Crippen molar-refractivity contribution in [1.29, 1.82) is 0 Å². The van der Waals surface area contributed by atoms with Gasteiger partial charge in [0.05, 0.1) is 0 Å². The Hall–Kier alpha value is 0.988. The summed E-state index contributed by atoms with van der Waals surface area (Å²) in [7, 11) is -4.46. The molecule has 0 aromatic heterocycles. The molecule has 0 amide bonds. The molecule has 0 rings (SSSR count). The first-order valence-corrected chi connectivity index (χ1v) is 24.3. The third kappa shape index (κ3) is 17.6. The van der Waals surface area contributed by atoms with Crippen molar-refractivity contribution in [3.63, 3.8) is 0 Å². The average molecular weight is 625 g/mol. The molecule has 0 saturated heterocycles. The molecule has 7 heteroatoms. The Morgan fingerprint density at radius 1 is 0.436 bits per heavy atom. The van der Waals surface area contributed by atoms with E-state index < -0.39 is 34.8 Å². The molecule has 0 aliphatic rings. The van der Waals surface area contributed by atoms with Crippen LogP contribution >= 0.6 is 0 Å². The summed E-state index contributed by atoms with van der Waals surface area (Å²) in [6.07, 6.45) is 4.26. The molecular formula is C32H72O4Si2Ti. The Balaban J connectivity index is 7.12. The van der Waals surface area contributed by atoms with Crippen molar-refractivity contribution in [3.05, 3.63) is 0 Å². The van der Waals surface area contributed by atoms with Crippen molar-refractivity contribution < 1.29 is 30.8 Å². The van der Waals surface area contributed by atoms with E-state index >= 15 is 0 Å². The number of rotatable bonds is 24. The third-order valence-electron chi connectivity index (χ3n) is 6.92. The van der Waals surface area contributed by atoms with Gasteiger partial charge in [-0.1, -0.05) is 0 Å². The second kappa shape index (κ2) is 20.0.